The van der Waals surface area contributed by atoms with Gasteiger partial charge in [0.1, 0.15) is 0 Å². The lowest BCUT2D eigenvalue weighted by Gasteiger charge is -2.07. The number of carboxylic acid groups (broad SMARTS) is 1. The van der Waals surface area contributed by atoms with Gasteiger partial charge in [0, 0.05) is 6.07 Å². The second kappa shape index (κ2) is 4.44. The minimum absolute atomic E-state index is 0.159. The lowest BCUT2D eigenvalue weighted by Crippen LogP contribution is -2.22. The van der Waals surface area contributed by atoms with E-state index in [-0.39, 0.29) is 11.3 Å². The third-order valence-corrected chi connectivity index (χ3v) is 2.47. The summed E-state index contributed by atoms with van der Waals surface area (Å²) >= 11 is 0. The highest BCUT2D eigenvalue weighted by molar-refractivity contribution is 5.84. The number of nitrogens with zero attached hydrogens (tertiary/aromatic N) is 2. The molecule has 5 nitrogen and oxygen atoms in total. The third-order valence-electron chi connectivity index (χ3n) is 2.47. The molecule has 5 heteroatoms. The van der Waals surface area contributed by atoms with Gasteiger partial charge in [-0.15, -0.1) is 0 Å². The van der Waals surface area contributed by atoms with Crippen LogP contribution in [0.4, 0.5) is 0 Å². The number of aromatic nitrogens is 2. The fraction of sp³-hybridized carbons (Fsp3) is 0.154. The molecule has 2 rings (SSSR count). The van der Waals surface area contributed by atoms with Gasteiger partial charge >= 0.3 is 5.97 Å². The first-order chi connectivity index (χ1) is 8.47. The van der Waals surface area contributed by atoms with Gasteiger partial charge in [0.15, 0.2) is 5.69 Å². The maximum absolute atomic E-state index is 11.7. The van der Waals surface area contributed by atoms with Gasteiger partial charge < -0.3 is 5.11 Å². The number of aryl methyl sites for hydroxylation is 2. The summed E-state index contributed by atoms with van der Waals surface area (Å²) in [5, 5.41) is 12.7. The molecular formula is C13H12N2O3. The highest BCUT2D eigenvalue weighted by Crippen LogP contribution is 2.11. The highest BCUT2D eigenvalue weighted by Gasteiger charge is 2.09. The molecule has 0 unspecified atom stereocenters. The van der Waals surface area contributed by atoms with Crippen LogP contribution in [0.5, 0.6) is 0 Å². The van der Waals surface area contributed by atoms with Crippen molar-refractivity contribution in [3.05, 3.63) is 57.5 Å². The zero-order chi connectivity index (χ0) is 13.3. The number of rotatable bonds is 2. The molecular weight excluding hydrogens is 232 g/mol. The van der Waals surface area contributed by atoms with Crippen molar-refractivity contribution in [1.29, 1.82) is 0 Å². The standard InChI is InChI=1S/C13H12N2O3/c1-8-5-9(2)7-10(6-8)15-12(16)4-3-11(14-15)13(17)18/h3-7H,1-2H3,(H,17,18). The fourth-order valence-electron chi connectivity index (χ4n) is 1.78. The summed E-state index contributed by atoms with van der Waals surface area (Å²) in [4.78, 5) is 22.6. The van der Waals surface area contributed by atoms with Crippen molar-refractivity contribution in [2.24, 2.45) is 0 Å². The molecule has 0 saturated heterocycles. The molecule has 0 amide bonds. The SMILES string of the molecule is Cc1cc(C)cc(-n2nc(C(=O)O)ccc2=O)c1. The largest absolute Gasteiger partial charge is 0.476 e. The van der Waals surface area contributed by atoms with Crippen LogP contribution in [0.1, 0.15) is 21.6 Å². The summed E-state index contributed by atoms with van der Waals surface area (Å²) < 4.78 is 1.10. The Labute approximate surface area is 103 Å². The zero-order valence-corrected chi connectivity index (χ0v) is 10.0. The first kappa shape index (κ1) is 12.0. The summed E-state index contributed by atoms with van der Waals surface area (Å²) in [5.74, 6) is -1.16. The quantitative estimate of drug-likeness (QED) is 0.869. The van der Waals surface area contributed by atoms with Gasteiger partial charge in [0.05, 0.1) is 5.69 Å². The van der Waals surface area contributed by atoms with E-state index in [1.54, 1.807) is 12.1 Å². The van der Waals surface area contributed by atoms with E-state index in [0.29, 0.717) is 5.69 Å². The molecule has 92 valence electrons. The van der Waals surface area contributed by atoms with E-state index in [4.69, 9.17) is 5.11 Å². The molecule has 0 atom stereocenters. The number of benzene rings is 1. The molecule has 0 aliphatic rings. The number of hydrogen-bond donors (Lipinski definition) is 1. The van der Waals surface area contributed by atoms with Gasteiger partial charge in [-0.2, -0.15) is 9.78 Å². The molecule has 0 aliphatic carbocycles. The topological polar surface area (TPSA) is 72.2 Å². The molecule has 1 aromatic heterocycles. The van der Waals surface area contributed by atoms with Crippen molar-refractivity contribution < 1.29 is 9.90 Å². The normalized spacial score (nSPS) is 10.3. The van der Waals surface area contributed by atoms with Gasteiger partial charge in [0.25, 0.3) is 5.56 Å². The van der Waals surface area contributed by atoms with Gasteiger partial charge in [0.2, 0.25) is 0 Å². The molecule has 0 spiro atoms. The minimum Gasteiger partial charge on any atom is -0.476 e. The Morgan fingerprint density at radius 1 is 1.17 bits per heavy atom. The Hall–Kier alpha value is -2.43. The van der Waals surface area contributed by atoms with E-state index in [2.05, 4.69) is 5.10 Å². The number of carboxylic acids is 1. The van der Waals surface area contributed by atoms with Crippen molar-refractivity contribution in [2.75, 3.05) is 0 Å². The van der Waals surface area contributed by atoms with Crippen molar-refractivity contribution in [1.82, 2.24) is 9.78 Å². The molecule has 0 radical (unpaired) electrons. The minimum atomic E-state index is -1.16. The average molecular weight is 244 g/mol. The summed E-state index contributed by atoms with van der Waals surface area (Å²) in [6, 6.07) is 7.94. The average Bonchev–Trinajstić information content (AvgIpc) is 2.27. The Morgan fingerprint density at radius 3 is 2.33 bits per heavy atom. The van der Waals surface area contributed by atoms with E-state index in [9.17, 15) is 9.59 Å². The molecule has 0 bridgehead atoms. The van der Waals surface area contributed by atoms with Gasteiger partial charge in [-0.25, -0.2) is 4.79 Å². The summed E-state index contributed by atoms with van der Waals surface area (Å²) in [7, 11) is 0. The van der Waals surface area contributed by atoms with Crippen molar-refractivity contribution in [3.63, 3.8) is 0 Å². The van der Waals surface area contributed by atoms with Crippen LogP contribution < -0.4 is 5.56 Å². The monoisotopic (exact) mass is 244 g/mol. The van der Waals surface area contributed by atoms with E-state index < -0.39 is 5.97 Å². The van der Waals surface area contributed by atoms with Crippen LogP contribution in [-0.2, 0) is 0 Å². The van der Waals surface area contributed by atoms with Gasteiger partial charge in [-0.3, -0.25) is 4.79 Å². The predicted molar refractivity (Wildman–Crippen MR) is 66.3 cm³/mol. The Bertz CT molecular complexity index is 654. The van der Waals surface area contributed by atoms with Crippen LogP contribution in [0.3, 0.4) is 0 Å². The van der Waals surface area contributed by atoms with Crippen molar-refractivity contribution in [3.8, 4) is 5.69 Å². The smallest absolute Gasteiger partial charge is 0.356 e. The van der Waals surface area contributed by atoms with Crippen LogP contribution in [0.25, 0.3) is 5.69 Å². The Kier molecular flexibility index (Phi) is 2.97. The van der Waals surface area contributed by atoms with Crippen LogP contribution in [0.2, 0.25) is 0 Å². The van der Waals surface area contributed by atoms with E-state index in [1.807, 2.05) is 19.9 Å². The number of aromatic carboxylic acids is 1. The molecule has 1 N–H and O–H groups in total. The highest BCUT2D eigenvalue weighted by atomic mass is 16.4. The summed E-state index contributed by atoms with van der Waals surface area (Å²) in [6.45, 7) is 3.81. The lowest BCUT2D eigenvalue weighted by molar-refractivity contribution is 0.0688. The maximum Gasteiger partial charge on any atom is 0.356 e. The number of hydrogen-bond acceptors (Lipinski definition) is 3. The molecule has 1 aromatic carbocycles. The van der Waals surface area contributed by atoms with Crippen LogP contribution in [0.15, 0.2) is 35.1 Å². The van der Waals surface area contributed by atoms with Crippen molar-refractivity contribution in [2.45, 2.75) is 13.8 Å². The van der Waals surface area contributed by atoms with E-state index >= 15 is 0 Å². The predicted octanol–water partition coefficient (Wildman–Crippen LogP) is 1.55. The van der Waals surface area contributed by atoms with Crippen LogP contribution in [-0.4, -0.2) is 20.9 Å². The van der Waals surface area contributed by atoms with E-state index in [0.717, 1.165) is 15.8 Å². The lowest BCUT2D eigenvalue weighted by atomic mass is 10.1. The Balaban J connectivity index is 2.66. The van der Waals surface area contributed by atoms with Gasteiger partial charge in [-0.1, -0.05) is 6.07 Å². The van der Waals surface area contributed by atoms with Crippen molar-refractivity contribution >= 4 is 5.97 Å². The molecule has 1 heterocycles. The van der Waals surface area contributed by atoms with E-state index in [1.165, 1.54) is 12.1 Å². The second-order valence-electron chi connectivity index (χ2n) is 4.12. The summed E-state index contributed by atoms with van der Waals surface area (Å²) in [6.07, 6.45) is 0. The first-order valence-electron chi connectivity index (χ1n) is 5.40. The molecule has 0 aliphatic heterocycles. The molecule has 2 aromatic rings. The summed E-state index contributed by atoms with van der Waals surface area (Å²) in [5.41, 5.74) is 2.03. The molecule has 0 fully saturated rings. The zero-order valence-electron chi connectivity index (χ0n) is 10.0. The van der Waals surface area contributed by atoms with Crippen LogP contribution in [0, 0.1) is 13.8 Å². The van der Waals surface area contributed by atoms with Gasteiger partial charge in [-0.05, 0) is 43.2 Å². The molecule has 0 saturated carbocycles. The number of carbonyl (C=O) groups is 1. The molecule has 18 heavy (non-hydrogen) atoms. The van der Waals surface area contributed by atoms with Crippen LogP contribution >= 0.6 is 0 Å². The fourth-order valence-corrected chi connectivity index (χ4v) is 1.78. The Morgan fingerprint density at radius 2 is 1.78 bits per heavy atom. The maximum atomic E-state index is 11.7. The third kappa shape index (κ3) is 2.29. The second-order valence-corrected chi connectivity index (χ2v) is 4.12. The first-order valence-corrected chi connectivity index (χ1v) is 5.40.